The summed E-state index contributed by atoms with van der Waals surface area (Å²) in [7, 11) is -2.32. The van der Waals surface area contributed by atoms with Gasteiger partial charge < -0.3 is 9.88 Å². The van der Waals surface area contributed by atoms with E-state index in [1.54, 1.807) is 13.0 Å². The smallest absolute Gasteiger partial charge is 0.273 e. The molecule has 0 radical (unpaired) electrons. The van der Waals surface area contributed by atoms with E-state index in [9.17, 15) is 22.0 Å². The first-order chi connectivity index (χ1) is 12.1. The molecule has 0 saturated heterocycles. The number of aryl methyl sites for hydroxylation is 1. The molecule has 2 aromatic rings. The van der Waals surface area contributed by atoms with E-state index in [-0.39, 0.29) is 29.3 Å². The minimum absolute atomic E-state index is 0. The van der Waals surface area contributed by atoms with E-state index in [1.807, 2.05) is 0 Å². The number of hydrogen-bond donors (Lipinski definition) is 2. The minimum Gasteiger partial charge on any atom is -0.345 e. The summed E-state index contributed by atoms with van der Waals surface area (Å²) in [6.07, 6.45) is 4.40. The highest BCUT2D eigenvalue weighted by atomic mass is 35.5. The number of nitrogens with zero attached hydrogens (tertiary/aromatic N) is 1. The van der Waals surface area contributed by atoms with Gasteiger partial charge in [0.2, 0.25) is 10.0 Å². The number of sulfonamides is 1. The Bertz CT molecular complexity index is 1050. The van der Waals surface area contributed by atoms with Gasteiger partial charge in [0.25, 0.3) is 5.91 Å². The zero-order valence-electron chi connectivity index (χ0n) is 13.7. The largest absolute Gasteiger partial charge is 0.345 e. The van der Waals surface area contributed by atoms with Crippen LogP contribution in [0.15, 0.2) is 29.3 Å². The number of benzene rings is 1. The SMILES string of the molecule is C.C[C@H]1C=Cc2c(cn(C)c2C(=O)Nc2ccc(F)c(Cl)c2F)S(=O)(=O)N1. The number of fused-ring (bicyclic) bond motifs is 1. The summed E-state index contributed by atoms with van der Waals surface area (Å²) in [4.78, 5) is 12.6. The highest BCUT2D eigenvalue weighted by Crippen LogP contribution is 2.29. The van der Waals surface area contributed by atoms with Gasteiger partial charge in [0.15, 0.2) is 5.82 Å². The number of halogens is 3. The van der Waals surface area contributed by atoms with Crippen LogP contribution in [-0.4, -0.2) is 24.9 Å². The molecule has 1 aliphatic rings. The standard InChI is InChI=1S/C16H14ClF2N3O3S.CH4/c1-8-3-4-9-12(26(24,25)21-8)7-22(2)15(9)16(23)20-11-6-5-10(18)13(17)14(11)19;/h3-8,21H,1-2H3,(H,20,23);1H4/t8-;/m0./s1. The summed E-state index contributed by atoms with van der Waals surface area (Å²) in [6, 6.07) is 1.50. The molecule has 0 spiro atoms. The van der Waals surface area contributed by atoms with Crippen LogP contribution in [0.4, 0.5) is 14.5 Å². The number of hydrogen-bond acceptors (Lipinski definition) is 3. The minimum atomic E-state index is -3.81. The Labute approximate surface area is 160 Å². The third kappa shape index (κ3) is 3.76. The Morgan fingerprint density at radius 1 is 1.33 bits per heavy atom. The summed E-state index contributed by atoms with van der Waals surface area (Å²) in [6.45, 7) is 1.65. The quantitative estimate of drug-likeness (QED) is 0.733. The predicted molar refractivity (Wildman–Crippen MR) is 100 cm³/mol. The van der Waals surface area contributed by atoms with Gasteiger partial charge in [-0.05, 0) is 19.1 Å². The lowest BCUT2D eigenvalue weighted by Gasteiger charge is -2.09. The second-order valence-electron chi connectivity index (χ2n) is 5.81. The van der Waals surface area contributed by atoms with Gasteiger partial charge in [-0.15, -0.1) is 0 Å². The molecule has 27 heavy (non-hydrogen) atoms. The molecule has 6 nitrogen and oxygen atoms in total. The van der Waals surface area contributed by atoms with Crippen LogP contribution in [-0.2, 0) is 17.1 Å². The second kappa shape index (κ2) is 7.41. The lowest BCUT2D eigenvalue weighted by atomic mass is 10.2. The topological polar surface area (TPSA) is 80.2 Å². The first kappa shape index (κ1) is 21.1. The first-order valence-corrected chi connectivity index (χ1v) is 9.32. The van der Waals surface area contributed by atoms with Gasteiger partial charge in [-0.2, -0.15) is 0 Å². The van der Waals surface area contributed by atoms with E-state index >= 15 is 0 Å². The van der Waals surface area contributed by atoms with Gasteiger partial charge >= 0.3 is 0 Å². The molecule has 1 aromatic carbocycles. The lowest BCUT2D eigenvalue weighted by Crippen LogP contribution is -2.30. The average Bonchev–Trinajstić information content (AvgIpc) is 2.85. The van der Waals surface area contributed by atoms with Crippen molar-refractivity contribution in [1.82, 2.24) is 9.29 Å². The van der Waals surface area contributed by atoms with Crippen LogP contribution in [0.25, 0.3) is 6.08 Å². The molecular weight excluding hydrogens is 400 g/mol. The zero-order valence-corrected chi connectivity index (χ0v) is 15.3. The highest BCUT2D eigenvalue weighted by molar-refractivity contribution is 7.89. The molecule has 0 bridgehead atoms. The number of nitrogens with one attached hydrogen (secondary N) is 2. The summed E-state index contributed by atoms with van der Waals surface area (Å²) in [5.74, 6) is -2.83. The van der Waals surface area contributed by atoms with Crippen LogP contribution in [0.5, 0.6) is 0 Å². The zero-order chi connectivity index (χ0) is 19.2. The summed E-state index contributed by atoms with van der Waals surface area (Å²) < 4.78 is 55.8. The maximum absolute atomic E-state index is 14.0. The van der Waals surface area contributed by atoms with Gasteiger partial charge in [0, 0.05) is 24.8 Å². The number of anilines is 1. The molecular formula is C17H18ClF2N3O3S. The van der Waals surface area contributed by atoms with Crippen LogP contribution in [0.2, 0.25) is 5.02 Å². The van der Waals surface area contributed by atoms with Crippen molar-refractivity contribution in [3.8, 4) is 0 Å². The van der Waals surface area contributed by atoms with Crippen molar-refractivity contribution in [3.05, 3.63) is 52.3 Å². The Morgan fingerprint density at radius 3 is 2.67 bits per heavy atom. The Hall–Kier alpha value is -2.23. The molecule has 1 aliphatic heterocycles. The number of aromatic nitrogens is 1. The molecule has 146 valence electrons. The van der Waals surface area contributed by atoms with Crippen LogP contribution in [0.3, 0.4) is 0 Å². The molecule has 3 rings (SSSR count). The van der Waals surface area contributed by atoms with E-state index in [0.29, 0.717) is 0 Å². The van der Waals surface area contributed by atoms with Crippen molar-refractivity contribution in [1.29, 1.82) is 0 Å². The Morgan fingerprint density at radius 2 is 2.00 bits per heavy atom. The molecule has 0 saturated carbocycles. The van der Waals surface area contributed by atoms with E-state index in [4.69, 9.17) is 11.6 Å². The van der Waals surface area contributed by atoms with E-state index in [2.05, 4.69) is 10.0 Å². The Kier molecular flexibility index (Phi) is 5.79. The van der Waals surface area contributed by atoms with Gasteiger partial charge in [0.1, 0.15) is 21.4 Å². The molecule has 0 aliphatic carbocycles. The maximum Gasteiger partial charge on any atom is 0.273 e. The predicted octanol–water partition coefficient (Wildman–Crippen LogP) is 3.54. The lowest BCUT2D eigenvalue weighted by molar-refractivity contribution is 0.101. The molecule has 1 amide bonds. The number of rotatable bonds is 2. The van der Waals surface area contributed by atoms with Crippen molar-refractivity contribution in [3.63, 3.8) is 0 Å². The van der Waals surface area contributed by atoms with Gasteiger partial charge in [-0.3, -0.25) is 4.79 Å². The van der Waals surface area contributed by atoms with Crippen LogP contribution < -0.4 is 10.0 Å². The molecule has 0 unspecified atom stereocenters. The normalized spacial score (nSPS) is 17.6. The fraction of sp³-hybridized carbons (Fsp3) is 0.235. The molecule has 10 heteroatoms. The number of carbonyl (C=O) groups is 1. The fourth-order valence-electron chi connectivity index (χ4n) is 2.67. The summed E-state index contributed by atoms with van der Waals surface area (Å²) in [5.41, 5.74) is -0.130. The second-order valence-corrected chi connectivity index (χ2v) is 7.87. The molecule has 0 fully saturated rings. The van der Waals surface area contributed by atoms with E-state index in [0.717, 1.165) is 12.1 Å². The molecule has 1 atom stereocenters. The van der Waals surface area contributed by atoms with E-state index < -0.39 is 38.6 Å². The van der Waals surface area contributed by atoms with Crippen molar-refractivity contribution in [2.75, 3.05) is 5.32 Å². The molecule has 1 aromatic heterocycles. The Balaban J connectivity index is 0.00000261. The van der Waals surface area contributed by atoms with Gasteiger partial charge in [-0.1, -0.05) is 31.2 Å². The van der Waals surface area contributed by atoms with Gasteiger partial charge in [-0.25, -0.2) is 21.9 Å². The van der Waals surface area contributed by atoms with Crippen molar-refractivity contribution in [2.24, 2.45) is 7.05 Å². The molecule has 2 heterocycles. The summed E-state index contributed by atoms with van der Waals surface area (Å²) >= 11 is 5.51. The van der Waals surface area contributed by atoms with Crippen LogP contribution in [0, 0.1) is 11.6 Å². The fourth-order valence-corrected chi connectivity index (χ4v) is 4.28. The highest BCUT2D eigenvalue weighted by Gasteiger charge is 2.29. The number of amides is 1. The van der Waals surface area contributed by atoms with Crippen molar-refractivity contribution < 1.29 is 22.0 Å². The first-order valence-electron chi connectivity index (χ1n) is 7.46. The maximum atomic E-state index is 14.0. The third-order valence-electron chi connectivity index (χ3n) is 3.86. The van der Waals surface area contributed by atoms with Crippen LogP contribution in [0.1, 0.15) is 30.4 Å². The third-order valence-corrected chi connectivity index (χ3v) is 5.80. The van der Waals surface area contributed by atoms with Crippen LogP contribution >= 0.6 is 11.6 Å². The summed E-state index contributed by atoms with van der Waals surface area (Å²) in [5, 5.41) is 1.55. The molecule has 2 N–H and O–H groups in total. The van der Waals surface area contributed by atoms with Crippen molar-refractivity contribution >= 4 is 39.3 Å². The average molecular weight is 418 g/mol. The van der Waals surface area contributed by atoms with Gasteiger partial charge in [0.05, 0.1) is 5.69 Å². The number of carbonyl (C=O) groups excluding carboxylic acids is 1. The van der Waals surface area contributed by atoms with Crippen molar-refractivity contribution in [2.45, 2.75) is 25.3 Å². The van der Waals surface area contributed by atoms with E-state index in [1.165, 1.54) is 23.9 Å². The monoisotopic (exact) mass is 417 g/mol.